The van der Waals surface area contributed by atoms with Crippen LogP contribution in [-0.2, 0) is 6.54 Å². The molecule has 0 spiro atoms. The lowest BCUT2D eigenvalue weighted by molar-refractivity contribution is 0.350. The summed E-state index contributed by atoms with van der Waals surface area (Å²) < 4.78 is 2.07. The maximum atomic E-state index is 8.73. The second kappa shape index (κ2) is 5.33. The van der Waals surface area contributed by atoms with Gasteiger partial charge in [0.25, 0.3) is 0 Å². The van der Waals surface area contributed by atoms with E-state index < -0.39 is 0 Å². The van der Waals surface area contributed by atoms with Gasteiger partial charge in [-0.2, -0.15) is 0 Å². The smallest absolute Gasteiger partial charge is 0.105 e. The third-order valence-corrected chi connectivity index (χ3v) is 2.58. The predicted octanol–water partition coefficient (Wildman–Crippen LogP) is 1.58. The summed E-state index contributed by atoms with van der Waals surface area (Å²) in [5.74, 6) is 6.62. The summed E-state index contributed by atoms with van der Waals surface area (Å²) in [5, 5.41) is 8.73. The fraction of sp³-hybridized carbons (Fsp3) is 0.214. The van der Waals surface area contributed by atoms with Gasteiger partial charge in [-0.15, -0.1) is 0 Å². The lowest BCUT2D eigenvalue weighted by atomic mass is 10.1. The molecule has 2 aromatic rings. The topological polar surface area (TPSA) is 38.0 Å². The van der Waals surface area contributed by atoms with E-state index in [2.05, 4.69) is 21.4 Å². The minimum Gasteiger partial charge on any atom is -0.384 e. The van der Waals surface area contributed by atoms with Crippen molar-refractivity contribution < 1.29 is 5.11 Å². The normalized spacial score (nSPS) is 9.76. The van der Waals surface area contributed by atoms with Crippen LogP contribution in [0, 0.1) is 18.8 Å². The molecule has 0 fully saturated rings. The summed E-state index contributed by atoms with van der Waals surface area (Å²) in [6, 6.07) is 7.95. The predicted molar refractivity (Wildman–Crippen MR) is 66.5 cm³/mol. The van der Waals surface area contributed by atoms with Gasteiger partial charge in [-0.3, -0.25) is 0 Å². The van der Waals surface area contributed by atoms with E-state index in [1.165, 1.54) is 0 Å². The first-order valence-corrected chi connectivity index (χ1v) is 5.46. The summed E-state index contributed by atoms with van der Waals surface area (Å²) in [5.41, 5.74) is 2.09. The number of aliphatic hydroxyl groups excluding tert-OH is 1. The molecule has 0 amide bonds. The summed E-state index contributed by atoms with van der Waals surface area (Å²) in [6.07, 6.45) is 3.74. The molecule has 0 saturated heterocycles. The molecule has 0 aliphatic carbocycles. The first kappa shape index (κ1) is 11.4. The molecule has 1 aromatic carbocycles. The van der Waals surface area contributed by atoms with E-state index >= 15 is 0 Å². The van der Waals surface area contributed by atoms with Gasteiger partial charge in [0.2, 0.25) is 0 Å². The summed E-state index contributed by atoms with van der Waals surface area (Å²) in [4.78, 5) is 4.19. The molecule has 0 aliphatic rings. The Morgan fingerprint density at radius 2 is 2.18 bits per heavy atom. The summed E-state index contributed by atoms with van der Waals surface area (Å²) in [7, 11) is 0. The number of rotatable bonds is 2. The molecule has 0 atom stereocenters. The number of aliphatic hydroxyl groups is 1. The van der Waals surface area contributed by atoms with Gasteiger partial charge in [-0.05, 0) is 18.6 Å². The van der Waals surface area contributed by atoms with Crippen molar-refractivity contribution in [1.29, 1.82) is 0 Å². The van der Waals surface area contributed by atoms with Crippen LogP contribution in [0.1, 0.15) is 17.0 Å². The highest BCUT2D eigenvalue weighted by atomic mass is 16.2. The summed E-state index contributed by atoms with van der Waals surface area (Å²) in [6.45, 7) is 2.61. The second-order valence-electron chi connectivity index (χ2n) is 3.72. The molecule has 0 unspecified atom stereocenters. The monoisotopic (exact) mass is 226 g/mol. The molecule has 3 heteroatoms. The molecule has 0 radical (unpaired) electrons. The van der Waals surface area contributed by atoms with E-state index in [1.54, 1.807) is 6.20 Å². The fourth-order valence-corrected chi connectivity index (χ4v) is 1.67. The zero-order valence-corrected chi connectivity index (χ0v) is 9.72. The number of nitrogens with zero attached hydrogens (tertiary/aromatic N) is 2. The molecular formula is C14H14N2O. The zero-order chi connectivity index (χ0) is 12.1. The molecule has 0 bridgehead atoms. The van der Waals surface area contributed by atoms with Gasteiger partial charge in [0.15, 0.2) is 0 Å². The first-order chi connectivity index (χ1) is 8.31. The molecule has 1 N–H and O–H groups in total. The molecule has 1 heterocycles. The number of imidazole rings is 1. The first-order valence-electron chi connectivity index (χ1n) is 5.46. The number of aryl methyl sites for hydroxylation is 1. The van der Waals surface area contributed by atoms with Crippen LogP contribution in [0.5, 0.6) is 0 Å². The van der Waals surface area contributed by atoms with Crippen LogP contribution in [0.15, 0.2) is 36.7 Å². The average molecular weight is 226 g/mol. The van der Waals surface area contributed by atoms with E-state index in [0.717, 1.165) is 23.5 Å². The van der Waals surface area contributed by atoms with Crippen molar-refractivity contribution in [2.45, 2.75) is 13.5 Å². The van der Waals surface area contributed by atoms with E-state index in [1.807, 2.05) is 37.4 Å². The minimum atomic E-state index is -0.113. The van der Waals surface area contributed by atoms with Gasteiger partial charge in [0.1, 0.15) is 12.4 Å². The second-order valence-corrected chi connectivity index (χ2v) is 3.72. The van der Waals surface area contributed by atoms with Crippen molar-refractivity contribution in [3.63, 3.8) is 0 Å². The number of hydrogen-bond acceptors (Lipinski definition) is 2. The molecule has 2 rings (SSSR count). The lowest BCUT2D eigenvalue weighted by Crippen LogP contribution is -2.02. The van der Waals surface area contributed by atoms with Crippen molar-refractivity contribution in [3.05, 3.63) is 53.6 Å². The standard InChI is InChI=1S/C14H14N2O/c1-12-15-8-9-16(12)11-14-6-3-2-5-13(14)7-4-10-17/h2-3,5-6,8-9,17H,10-11H2,1H3. The quantitative estimate of drug-likeness (QED) is 0.790. The highest BCUT2D eigenvalue weighted by Gasteiger charge is 2.02. The Morgan fingerprint density at radius 3 is 2.88 bits per heavy atom. The molecule has 0 saturated carbocycles. The molecule has 17 heavy (non-hydrogen) atoms. The van der Waals surface area contributed by atoms with Crippen LogP contribution < -0.4 is 0 Å². The van der Waals surface area contributed by atoms with E-state index in [9.17, 15) is 0 Å². The SMILES string of the molecule is Cc1nccn1Cc1ccccc1C#CCO. The van der Waals surface area contributed by atoms with Gasteiger partial charge in [0.05, 0.1) is 0 Å². The van der Waals surface area contributed by atoms with E-state index in [4.69, 9.17) is 5.11 Å². The number of hydrogen-bond donors (Lipinski definition) is 1. The molecule has 3 nitrogen and oxygen atoms in total. The average Bonchev–Trinajstić information content (AvgIpc) is 2.74. The van der Waals surface area contributed by atoms with Crippen LogP contribution in [0.2, 0.25) is 0 Å². The minimum absolute atomic E-state index is 0.113. The highest BCUT2D eigenvalue weighted by Crippen LogP contribution is 2.10. The van der Waals surface area contributed by atoms with Gasteiger partial charge >= 0.3 is 0 Å². The Labute approximate surface area is 101 Å². The molecular weight excluding hydrogens is 212 g/mol. The van der Waals surface area contributed by atoms with Gasteiger partial charge in [-0.1, -0.05) is 30.0 Å². The van der Waals surface area contributed by atoms with Crippen molar-refractivity contribution in [1.82, 2.24) is 9.55 Å². The van der Waals surface area contributed by atoms with Crippen molar-refractivity contribution in [2.24, 2.45) is 0 Å². The van der Waals surface area contributed by atoms with Crippen molar-refractivity contribution >= 4 is 0 Å². The van der Waals surface area contributed by atoms with Gasteiger partial charge in [0, 0.05) is 24.5 Å². The lowest BCUT2D eigenvalue weighted by Gasteiger charge is -2.07. The third kappa shape index (κ3) is 2.74. The molecule has 86 valence electrons. The van der Waals surface area contributed by atoms with E-state index in [0.29, 0.717) is 0 Å². The van der Waals surface area contributed by atoms with Crippen LogP contribution in [-0.4, -0.2) is 21.3 Å². The summed E-state index contributed by atoms with van der Waals surface area (Å²) >= 11 is 0. The Kier molecular flexibility index (Phi) is 3.59. The van der Waals surface area contributed by atoms with Crippen LogP contribution in [0.4, 0.5) is 0 Å². The van der Waals surface area contributed by atoms with Crippen LogP contribution in [0.25, 0.3) is 0 Å². The van der Waals surface area contributed by atoms with Crippen molar-refractivity contribution in [2.75, 3.05) is 6.61 Å². The fourth-order valence-electron chi connectivity index (χ4n) is 1.67. The zero-order valence-electron chi connectivity index (χ0n) is 9.72. The number of benzene rings is 1. The Bertz CT molecular complexity index is 561. The van der Waals surface area contributed by atoms with Crippen LogP contribution in [0.3, 0.4) is 0 Å². The maximum Gasteiger partial charge on any atom is 0.105 e. The Hall–Kier alpha value is -2.05. The highest BCUT2D eigenvalue weighted by molar-refractivity contribution is 5.41. The van der Waals surface area contributed by atoms with Gasteiger partial charge in [-0.25, -0.2) is 4.98 Å². The van der Waals surface area contributed by atoms with Crippen LogP contribution >= 0.6 is 0 Å². The third-order valence-electron chi connectivity index (χ3n) is 2.58. The number of aromatic nitrogens is 2. The van der Waals surface area contributed by atoms with Crippen molar-refractivity contribution in [3.8, 4) is 11.8 Å². The largest absolute Gasteiger partial charge is 0.384 e. The van der Waals surface area contributed by atoms with E-state index in [-0.39, 0.29) is 6.61 Å². The Balaban J connectivity index is 2.30. The molecule has 1 aromatic heterocycles. The molecule has 0 aliphatic heterocycles. The van der Waals surface area contributed by atoms with Gasteiger partial charge < -0.3 is 9.67 Å². The Morgan fingerprint density at radius 1 is 1.35 bits per heavy atom. The maximum absolute atomic E-state index is 8.73.